The van der Waals surface area contributed by atoms with Gasteiger partial charge < -0.3 is 5.11 Å². The Kier molecular flexibility index (Phi) is 7.12. The summed E-state index contributed by atoms with van der Waals surface area (Å²) < 4.78 is 0. The van der Waals surface area contributed by atoms with E-state index in [9.17, 15) is 4.79 Å². The van der Waals surface area contributed by atoms with Crippen LogP contribution in [0.15, 0.2) is 12.2 Å². The maximum absolute atomic E-state index is 10.5. The van der Waals surface area contributed by atoms with E-state index in [4.69, 9.17) is 5.11 Å². The molecular formula is C21H34O2S. The molecule has 0 aromatic carbocycles. The maximum atomic E-state index is 10.5. The normalized spacial score (nSPS) is 33.5. The van der Waals surface area contributed by atoms with Crippen molar-refractivity contribution in [2.24, 2.45) is 23.7 Å². The minimum atomic E-state index is -0.670. The molecule has 4 atom stereocenters. The largest absolute Gasteiger partial charge is 0.481 e. The van der Waals surface area contributed by atoms with Crippen LogP contribution >= 0.6 is 11.8 Å². The molecule has 3 aliphatic carbocycles. The van der Waals surface area contributed by atoms with Gasteiger partial charge in [0.2, 0.25) is 0 Å². The predicted molar refractivity (Wildman–Crippen MR) is 102 cm³/mol. The van der Waals surface area contributed by atoms with Gasteiger partial charge in [0, 0.05) is 11.7 Å². The van der Waals surface area contributed by atoms with Crippen LogP contribution in [0.3, 0.4) is 0 Å². The molecule has 0 aliphatic heterocycles. The zero-order valence-corrected chi connectivity index (χ0v) is 15.8. The molecule has 1 N–H and O–H groups in total. The fourth-order valence-corrected chi connectivity index (χ4v) is 7.06. The van der Waals surface area contributed by atoms with Crippen LogP contribution in [0, 0.1) is 23.7 Å². The minimum Gasteiger partial charge on any atom is -0.481 e. The second kappa shape index (κ2) is 9.31. The van der Waals surface area contributed by atoms with Gasteiger partial charge in [-0.1, -0.05) is 31.4 Å². The number of carboxylic acids is 1. The highest BCUT2D eigenvalue weighted by Gasteiger charge is 2.46. The summed E-state index contributed by atoms with van der Waals surface area (Å²) in [5.74, 6) is 4.60. The number of carboxylic acid groups (broad SMARTS) is 1. The molecule has 136 valence electrons. The molecule has 0 aromatic heterocycles. The first-order chi connectivity index (χ1) is 11.7. The molecule has 0 amide bonds. The summed E-state index contributed by atoms with van der Waals surface area (Å²) in [5, 5.41) is 9.64. The van der Waals surface area contributed by atoms with Crippen molar-refractivity contribution in [3.05, 3.63) is 12.2 Å². The van der Waals surface area contributed by atoms with Gasteiger partial charge in [0.15, 0.2) is 0 Å². The molecule has 0 spiro atoms. The van der Waals surface area contributed by atoms with Crippen LogP contribution in [0.2, 0.25) is 0 Å². The van der Waals surface area contributed by atoms with E-state index in [1.165, 1.54) is 63.5 Å². The summed E-state index contributed by atoms with van der Waals surface area (Å²) in [5.41, 5.74) is 0. The van der Waals surface area contributed by atoms with Crippen molar-refractivity contribution in [1.82, 2.24) is 0 Å². The summed E-state index contributed by atoms with van der Waals surface area (Å²) in [7, 11) is 0. The predicted octanol–water partition coefficient (Wildman–Crippen LogP) is 5.92. The summed E-state index contributed by atoms with van der Waals surface area (Å²) in [6, 6.07) is 0. The van der Waals surface area contributed by atoms with E-state index in [0.717, 1.165) is 41.8 Å². The molecule has 3 rings (SSSR count). The molecule has 3 saturated carbocycles. The lowest BCUT2D eigenvalue weighted by Crippen LogP contribution is -2.25. The molecule has 3 heteroatoms. The van der Waals surface area contributed by atoms with Crippen LogP contribution in [0.1, 0.15) is 77.0 Å². The molecule has 3 fully saturated rings. The molecule has 2 bridgehead atoms. The number of unbranched alkanes of at least 4 members (excludes halogenated alkanes) is 1. The highest BCUT2D eigenvalue weighted by atomic mass is 32.2. The van der Waals surface area contributed by atoms with Gasteiger partial charge in [-0.05, 0) is 80.8 Å². The fourth-order valence-electron chi connectivity index (χ4n) is 5.38. The third kappa shape index (κ3) is 5.03. The number of carbonyl (C=O) groups is 1. The maximum Gasteiger partial charge on any atom is 0.303 e. The van der Waals surface area contributed by atoms with Crippen molar-refractivity contribution >= 4 is 17.7 Å². The molecule has 2 nitrogen and oxygen atoms in total. The van der Waals surface area contributed by atoms with Gasteiger partial charge in [-0.3, -0.25) is 4.79 Å². The van der Waals surface area contributed by atoms with E-state index < -0.39 is 5.97 Å². The SMILES string of the molecule is O=C(O)CCCC=CC[C@H]1[C@H]2CC[C@H](C2)[C@H]1CSC1CCCCC1. The van der Waals surface area contributed by atoms with Gasteiger partial charge in [0.1, 0.15) is 0 Å². The Morgan fingerprint density at radius 2 is 1.75 bits per heavy atom. The molecule has 0 radical (unpaired) electrons. The van der Waals surface area contributed by atoms with Crippen molar-refractivity contribution in [2.45, 2.75) is 82.3 Å². The van der Waals surface area contributed by atoms with Gasteiger partial charge in [-0.15, -0.1) is 0 Å². The molecule has 24 heavy (non-hydrogen) atoms. The summed E-state index contributed by atoms with van der Waals surface area (Å²) in [4.78, 5) is 10.5. The van der Waals surface area contributed by atoms with E-state index in [1.54, 1.807) is 0 Å². The second-order valence-corrected chi connectivity index (χ2v) is 9.58. The number of rotatable bonds is 9. The fraction of sp³-hybridized carbons (Fsp3) is 0.857. The Morgan fingerprint density at radius 1 is 1.00 bits per heavy atom. The highest BCUT2D eigenvalue weighted by molar-refractivity contribution is 7.99. The third-order valence-electron chi connectivity index (χ3n) is 6.69. The zero-order chi connectivity index (χ0) is 16.8. The van der Waals surface area contributed by atoms with Crippen molar-refractivity contribution in [1.29, 1.82) is 0 Å². The van der Waals surface area contributed by atoms with Crippen LogP contribution in [-0.4, -0.2) is 22.1 Å². The molecule has 0 saturated heterocycles. The summed E-state index contributed by atoms with van der Waals surface area (Å²) in [6.45, 7) is 0. The van der Waals surface area contributed by atoms with Gasteiger partial charge in [0.25, 0.3) is 0 Å². The Morgan fingerprint density at radius 3 is 2.50 bits per heavy atom. The van der Waals surface area contributed by atoms with Gasteiger partial charge >= 0.3 is 5.97 Å². The van der Waals surface area contributed by atoms with Crippen LogP contribution < -0.4 is 0 Å². The first-order valence-corrected chi connectivity index (χ1v) is 11.3. The minimum absolute atomic E-state index is 0.305. The average Bonchev–Trinajstić information content (AvgIpc) is 3.18. The third-order valence-corrected chi connectivity index (χ3v) is 8.21. The van der Waals surface area contributed by atoms with Crippen molar-refractivity contribution < 1.29 is 9.90 Å². The van der Waals surface area contributed by atoms with Gasteiger partial charge in [0.05, 0.1) is 0 Å². The summed E-state index contributed by atoms with van der Waals surface area (Å²) in [6.07, 6.45) is 19.6. The van der Waals surface area contributed by atoms with Crippen molar-refractivity contribution in [3.8, 4) is 0 Å². The number of hydrogen-bond acceptors (Lipinski definition) is 2. The number of allylic oxidation sites excluding steroid dienone is 2. The lowest BCUT2D eigenvalue weighted by atomic mass is 9.78. The molecule has 0 unspecified atom stereocenters. The molecule has 0 heterocycles. The van der Waals surface area contributed by atoms with E-state index in [1.807, 2.05) is 0 Å². The Labute approximate surface area is 151 Å². The van der Waals surface area contributed by atoms with Crippen LogP contribution in [0.25, 0.3) is 0 Å². The monoisotopic (exact) mass is 350 g/mol. The van der Waals surface area contributed by atoms with Crippen LogP contribution in [0.4, 0.5) is 0 Å². The smallest absolute Gasteiger partial charge is 0.303 e. The highest BCUT2D eigenvalue weighted by Crippen LogP contribution is 2.55. The average molecular weight is 351 g/mol. The Hall–Kier alpha value is -0.440. The first kappa shape index (κ1) is 18.4. The quantitative estimate of drug-likeness (QED) is 0.414. The van der Waals surface area contributed by atoms with Crippen LogP contribution in [-0.2, 0) is 4.79 Å². The topological polar surface area (TPSA) is 37.3 Å². The van der Waals surface area contributed by atoms with Crippen LogP contribution in [0.5, 0.6) is 0 Å². The molecule has 3 aliphatic rings. The first-order valence-electron chi connectivity index (χ1n) is 10.2. The Balaban J connectivity index is 1.42. The van der Waals surface area contributed by atoms with Gasteiger partial charge in [-0.25, -0.2) is 0 Å². The second-order valence-electron chi connectivity index (χ2n) is 8.25. The van der Waals surface area contributed by atoms with E-state index in [-0.39, 0.29) is 0 Å². The number of fused-ring (bicyclic) bond motifs is 2. The van der Waals surface area contributed by atoms with Gasteiger partial charge in [-0.2, -0.15) is 11.8 Å². The zero-order valence-electron chi connectivity index (χ0n) is 15.0. The van der Waals surface area contributed by atoms with E-state index >= 15 is 0 Å². The number of hydrogen-bond donors (Lipinski definition) is 1. The van der Waals surface area contributed by atoms with E-state index in [2.05, 4.69) is 23.9 Å². The number of aliphatic carboxylic acids is 1. The summed E-state index contributed by atoms with van der Waals surface area (Å²) >= 11 is 2.30. The van der Waals surface area contributed by atoms with E-state index in [0.29, 0.717) is 6.42 Å². The Bertz CT molecular complexity index is 428. The molecule has 0 aromatic rings. The standard InChI is InChI=1S/C21H34O2S/c22-21(23)11-7-2-1-6-10-19-16-12-13-17(14-16)20(19)15-24-18-8-4-3-5-9-18/h1,6,16-20H,2-5,7-15H2,(H,22,23)/t16-,17+,19-,20+/m0/s1. The van der Waals surface area contributed by atoms with Crippen molar-refractivity contribution in [3.63, 3.8) is 0 Å². The van der Waals surface area contributed by atoms with Crippen molar-refractivity contribution in [2.75, 3.05) is 5.75 Å². The lowest BCUT2D eigenvalue weighted by molar-refractivity contribution is -0.137. The number of thioether (sulfide) groups is 1. The molecular weight excluding hydrogens is 316 g/mol. The lowest BCUT2D eigenvalue weighted by Gasteiger charge is -2.32.